The van der Waals surface area contributed by atoms with E-state index in [1.54, 1.807) is 42.5 Å². The molecule has 1 aliphatic rings. The second-order valence-electron chi connectivity index (χ2n) is 9.61. The van der Waals surface area contributed by atoms with Gasteiger partial charge in [0.25, 0.3) is 5.91 Å². The Kier molecular flexibility index (Phi) is 10.2. The summed E-state index contributed by atoms with van der Waals surface area (Å²) in [4.78, 5) is 31.4. The van der Waals surface area contributed by atoms with Gasteiger partial charge in [0.15, 0.2) is 5.75 Å². The largest absolute Gasteiger partial charge is 0.492 e. The van der Waals surface area contributed by atoms with Crippen molar-refractivity contribution >= 4 is 44.9 Å². The highest BCUT2D eigenvalue weighted by atomic mass is 32.1. The number of benzene rings is 2. The summed E-state index contributed by atoms with van der Waals surface area (Å²) < 4.78 is 23.3. The molecule has 4 aromatic rings. The first-order valence-corrected chi connectivity index (χ1v) is 14.7. The number of carbonyl (C=O) groups is 2. The number of hydrogen-bond donors (Lipinski definition) is 4. The number of pyridine rings is 1. The van der Waals surface area contributed by atoms with Crippen molar-refractivity contribution in [2.45, 2.75) is 6.61 Å². The van der Waals surface area contributed by atoms with Crippen LogP contribution in [0.2, 0.25) is 0 Å². The summed E-state index contributed by atoms with van der Waals surface area (Å²) in [6, 6.07) is 14.2. The fourth-order valence-electron chi connectivity index (χ4n) is 4.45. The molecule has 5 rings (SSSR count). The molecule has 2 amide bonds. The maximum absolute atomic E-state index is 13.0. The van der Waals surface area contributed by atoms with Gasteiger partial charge in [-0.05, 0) is 35.7 Å². The number of carbonyl (C=O) groups excluding carboxylic acids is 2. The van der Waals surface area contributed by atoms with Gasteiger partial charge in [0.2, 0.25) is 0 Å². The number of nitrogens with one attached hydrogen (secondary N) is 2. The van der Waals surface area contributed by atoms with Gasteiger partial charge in [0, 0.05) is 54.4 Å². The first-order chi connectivity index (χ1) is 21.0. The second kappa shape index (κ2) is 14.6. The molecule has 43 heavy (non-hydrogen) atoms. The SMILES string of the molecule is Nc1ncc(OC(=O)NCCO)c2scc(COc3cccc(NC(=O)c4cccc(OCCN5CCOCC5)c4)c3)c12. The standard InChI is InChI=1S/C30H33N5O7S/c31-28-26-21(19-43-27(26)25(17-33-28)42-30(38)32-7-11-36)18-41-24-6-2-4-22(16-24)34-29(37)20-3-1-5-23(15-20)40-14-10-35-8-12-39-13-9-35/h1-6,15-17,19,36H,7-14,18H2,(H2,31,33)(H,32,38)(H,34,37). The number of rotatable bonds is 12. The van der Waals surface area contributed by atoms with Crippen molar-refractivity contribution in [1.82, 2.24) is 15.2 Å². The number of anilines is 2. The molecule has 2 aromatic heterocycles. The van der Waals surface area contributed by atoms with Gasteiger partial charge in [0.05, 0.1) is 30.7 Å². The molecular weight excluding hydrogens is 574 g/mol. The number of aliphatic hydroxyl groups excluding tert-OH is 1. The summed E-state index contributed by atoms with van der Waals surface area (Å²) in [5, 5.41) is 16.7. The number of aliphatic hydroxyl groups is 1. The van der Waals surface area contributed by atoms with Gasteiger partial charge in [-0.3, -0.25) is 9.69 Å². The van der Waals surface area contributed by atoms with Crippen LogP contribution >= 0.6 is 11.3 Å². The van der Waals surface area contributed by atoms with Crippen LogP contribution in [-0.4, -0.2) is 79.6 Å². The molecule has 226 valence electrons. The van der Waals surface area contributed by atoms with Crippen molar-refractivity contribution in [2.75, 3.05) is 63.7 Å². The zero-order valence-electron chi connectivity index (χ0n) is 23.4. The molecule has 0 atom stereocenters. The number of morpholine rings is 1. The van der Waals surface area contributed by atoms with Crippen LogP contribution in [0.25, 0.3) is 10.1 Å². The van der Waals surface area contributed by atoms with Gasteiger partial charge < -0.3 is 40.4 Å². The van der Waals surface area contributed by atoms with Crippen LogP contribution < -0.4 is 30.6 Å². The third-order valence-electron chi connectivity index (χ3n) is 6.61. The Hall–Kier alpha value is -4.43. The molecule has 1 fully saturated rings. The molecule has 0 saturated carbocycles. The lowest BCUT2D eigenvalue weighted by Gasteiger charge is -2.26. The molecule has 1 saturated heterocycles. The quantitative estimate of drug-likeness (QED) is 0.188. The molecular formula is C30H33N5O7S. The van der Waals surface area contributed by atoms with E-state index in [2.05, 4.69) is 20.5 Å². The maximum Gasteiger partial charge on any atom is 0.412 e. The molecule has 5 N–H and O–H groups in total. The van der Waals surface area contributed by atoms with E-state index in [0.717, 1.165) is 38.4 Å². The zero-order chi connectivity index (χ0) is 30.0. The van der Waals surface area contributed by atoms with E-state index in [1.165, 1.54) is 17.5 Å². The predicted molar refractivity (Wildman–Crippen MR) is 163 cm³/mol. The summed E-state index contributed by atoms with van der Waals surface area (Å²) in [5.74, 6) is 1.45. The van der Waals surface area contributed by atoms with E-state index in [9.17, 15) is 9.59 Å². The molecule has 12 nitrogen and oxygen atoms in total. The normalized spacial score (nSPS) is 13.4. The van der Waals surface area contributed by atoms with Crippen molar-refractivity contribution in [1.29, 1.82) is 0 Å². The van der Waals surface area contributed by atoms with Gasteiger partial charge in [-0.2, -0.15) is 0 Å². The highest BCUT2D eigenvalue weighted by Gasteiger charge is 2.17. The molecule has 0 bridgehead atoms. The fraction of sp³-hybridized carbons (Fsp3) is 0.300. The molecule has 13 heteroatoms. The van der Waals surface area contributed by atoms with Crippen molar-refractivity contribution in [3.8, 4) is 17.2 Å². The van der Waals surface area contributed by atoms with Crippen LogP contribution in [0.3, 0.4) is 0 Å². The van der Waals surface area contributed by atoms with Crippen molar-refractivity contribution < 1.29 is 33.6 Å². The van der Waals surface area contributed by atoms with E-state index in [1.807, 2.05) is 11.4 Å². The molecule has 0 unspecified atom stereocenters. The topological polar surface area (TPSA) is 158 Å². The van der Waals surface area contributed by atoms with E-state index in [-0.39, 0.29) is 37.2 Å². The minimum absolute atomic E-state index is 0.0734. The molecule has 1 aliphatic heterocycles. The van der Waals surface area contributed by atoms with E-state index in [4.69, 9.17) is 29.8 Å². The minimum atomic E-state index is -0.699. The predicted octanol–water partition coefficient (Wildman–Crippen LogP) is 3.50. The lowest BCUT2D eigenvalue weighted by molar-refractivity contribution is 0.0322. The Labute approximate surface area is 252 Å². The Morgan fingerprint density at radius 2 is 1.88 bits per heavy atom. The van der Waals surface area contributed by atoms with Crippen LogP contribution in [0.15, 0.2) is 60.1 Å². The van der Waals surface area contributed by atoms with Crippen molar-refractivity contribution in [2.24, 2.45) is 0 Å². The Bertz CT molecular complexity index is 1560. The fourth-order valence-corrected chi connectivity index (χ4v) is 5.46. The minimum Gasteiger partial charge on any atom is -0.492 e. The lowest BCUT2D eigenvalue weighted by atomic mass is 10.2. The van der Waals surface area contributed by atoms with E-state index < -0.39 is 6.09 Å². The maximum atomic E-state index is 13.0. The summed E-state index contributed by atoms with van der Waals surface area (Å²) in [5.41, 5.74) is 7.96. The van der Waals surface area contributed by atoms with Gasteiger partial charge >= 0.3 is 6.09 Å². The first-order valence-electron chi connectivity index (χ1n) is 13.8. The summed E-state index contributed by atoms with van der Waals surface area (Å²) in [6.07, 6.45) is 0.687. The van der Waals surface area contributed by atoms with Gasteiger partial charge in [-0.1, -0.05) is 12.1 Å². The van der Waals surface area contributed by atoms with Gasteiger partial charge in [-0.25, -0.2) is 9.78 Å². The van der Waals surface area contributed by atoms with Crippen molar-refractivity contribution in [3.63, 3.8) is 0 Å². The number of nitrogens with two attached hydrogens (primary N) is 1. The monoisotopic (exact) mass is 607 g/mol. The number of fused-ring (bicyclic) bond motifs is 1. The lowest BCUT2D eigenvalue weighted by Crippen LogP contribution is -2.38. The van der Waals surface area contributed by atoms with Crippen LogP contribution in [-0.2, 0) is 11.3 Å². The highest BCUT2D eigenvalue weighted by molar-refractivity contribution is 7.17. The molecule has 3 heterocycles. The smallest absolute Gasteiger partial charge is 0.412 e. The third kappa shape index (κ3) is 8.11. The summed E-state index contributed by atoms with van der Waals surface area (Å²) in [7, 11) is 0. The third-order valence-corrected chi connectivity index (χ3v) is 7.66. The molecule has 0 aliphatic carbocycles. The zero-order valence-corrected chi connectivity index (χ0v) is 24.2. The van der Waals surface area contributed by atoms with Crippen molar-refractivity contribution in [3.05, 3.63) is 71.2 Å². The van der Waals surface area contributed by atoms with Crippen LogP contribution in [0.1, 0.15) is 15.9 Å². The Balaban J connectivity index is 1.18. The van der Waals surface area contributed by atoms with E-state index >= 15 is 0 Å². The number of nitrogens with zero attached hydrogens (tertiary/aromatic N) is 2. The number of thiophene rings is 1. The average molecular weight is 608 g/mol. The second-order valence-corrected chi connectivity index (χ2v) is 10.5. The van der Waals surface area contributed by atoms with Gasteiger partial charge in [0.1, 0.15) is 30.5 Å². The average Bonchev–Trinajstić information content (AvgIpc) is 3.46. The molecule has 2 aromatic carbocycles. The number of aromatic nitrogens is 1. The highest BCUT2D eigenvalue weighted by Crippen LogP contribution is 2.37. The summed E-state index contributed by atoms with van der Waals surface area (Å²) in [6.45, 7) is 4.64. The number of amides is 2. The Morgan fingerprint density at radius 3 is 2.70 bits per heavy atom. The van der Waals surface area contributed by atoms with Crippen LogP contribution in [0.4, 0.5) is 16.3 Å². The molecule has 0 radical (unpaired) electrons. The number of ether oxygens (including phenoxy) is 4. The Morgan fingerprint density at radius 1 is 1.09 bits per heavy atom. The first kappa shape index (κ1) is 30.0. The number of nitrogen functional groups attached to an aromatic ring is 1. The molecule has 0 spiro atoms. The number of hydrogen-bond acceptors (Lipinski definition) is 11. The summed E-state index contributed by atoms with van der Waals surface area (Å²) >= 11 is 1.35. The van der Waals surface area contributed by atoms with Crippen LogP contribution in [0, 0.1) is 0 Å². The van der Waals surface area contributed by atoms with Crippen LogP contribution in [0.5, 0.6) is 17.2 Å². The van der Waals surface area contributed by atoms with E-state index in [0.29, 0.717) is 39.4 Å². The van der Waals surface area contributed by atoms with Gasteiger partial charge in [-0.15, -0.1) is 11.3 Å².